The molecule has 422 valence electrons. The number of allylic oxidation sites excluding steroid dienone is 8. The Kier molecular flexibility index (Phi) is 52.3. The summed E-state index contributed by atoms with van der Waals surface area (Å²) in [5, 5.41) is 0. The van der Waals surface area contributed by atoms with Gasteiger partial charge >= 0.3 is 19.8 Å². The molecule has 0 saturated heterocycles. The van der Waals surface area contributed by atoms with E-state index in [1.807, 2.05) is 21.1 Å². The van der Waals surface area contributed by atoms with Crippen molar-refractivity contribution < 1.29 is 42.1 Å². The van der Waals surface area contributed by atoms with E-state index in [2.05, 4.69) is 62.5 Å². The highest BCUT2D eigenvalue weighted by Crippen LogP contribution is 2.43. The van der Waals surface area contributed by atoms with E-state index in [1.165, 1.54) is 193 Å². The Hall–Kier alpha value is -2.03. The Morgan fingerprint density at radius 2 is 0.792 bits per heavy atom. The van der Waals surface area contributed by atoms with E-state index in [0.717, 1.165) is 57.8 Å². The molecule has 9 nitrogen and oxygen atoms in total. The van der Waals surface area contributed by atoms with Gasteiger partial charge in [-0.05, 0) is 51.4 Å². The molecule has 0 rings (SSSR count). The van der Waals surface area contributed by atoms with Crippen molar-refractivity contribution >= 4 is 19.8 Å². The fourth-order valence-corrected chi connectivity index (χ4v) is 9.46. The van der Waals surface area contributed by atoms with Crippen molar-refractivity contribution in [1.29, 1.82) is 0 Å². The van der Waals surface area contributed by atoms with Crippen molar-refractivity contribution in [3.63, 3.8) is 0 Å². The third kappa shape index (κ3) is 57.3. The van der Waals surface area contributed by atoms with Crippen LogP contribution in [0.1, 0.15) is 284 Å². The lowest BCUT2D eigenvalue weighted by Gasteiger charge is -2.24. The summed E-state index contributed by atoms with van der Waals surface area (Å²) < 4.78 is 34.3. The molecule has 0 aromatic rings. The molecule has 0 aliphatic rings. The first-order valence-corrected chi connectivity index (χ1v) is 31.9. The minimum atomic E-state index is -4.37. The lowest BCUT2D eigenvalue weighted by Crippen LogP contribution is -2.37. The van der Waals surface area contributed by atoms with E-state index in [4.69, 9.17) is 18.5 Å². The third-order valence-electron chi connectivity index (χ3n) is 13.4. The number of hydrogen-bond donors (Lipinski definition) is 1. The Morgan fingerprint density at radius 1 is 0.444 bits per heavy atom. The number of rotatable bonds is 56. The molecule has 0 aromatic carbocycles. The maximum atomic E-state index is 12.7. The van der Waals surface area contributed by atoms with Crippen molar-refractivity contribution in [3.8, 4) is 0 Å². The van der Waals surface area contributed by atoms with Gasteiger partial charge in [-0.1, -0.05) is 268 Å². The van der Waals surface area contributed by atoms with Crippen LogP contribution in [0.25, 0.3) is 0 Å². The van der Waals surface area contributed by atoms with Crippen LogP contribution in [0.5, 0.6) is 0 Å². The fraction of sp³-hybridized carbons (Fsp3) is 0.839. The molecule has 1 N–H and O–H groups in total. The standard InChI is InChI=1S/C62H116NO8P/c1-6-8-10-12-14-15-16-17-18-19-20-21-22-23-24-25-26-27-28-29-30-31-32-33-34-35-36-37-38-39-40-41-42-43-44-45-46-47-49-51-53-55-62(65)71-60(59-70-72(66,67)69-57-56-63(3,4)5)58-68-61(64)54-52-50-48-13-11-9-7-2/h8,10,14-15,17-18,20-21,60H,6-7,9,11-13,16,19,22-59H2,1-5H3/p+1/b10-8-,15-14-,18-17-,21-20-. The van der Waals surface area contributed by atoms with Gasteiger partial charge in [0.1, 0.15) is 19.8 Å². The molecule has 10 heteroatoms. The number of carbonyl (C=O) groups excluding carboxylic acids is 2. The van der Waals surface area contributed by atoms with Gasteiger partial charge in [-0.3, -0.25) is 18.6 Å². The number of likely N-dealkylation sites (N-methyl/N-ethyl adjacent to an activating group) is 1. The number of hydrogen-bond acceptors (Lipinski definition) is 7. The summed E-state index contributed by atoms with van der Waals surface area (Å²) >= 11 is 0. The fourth-order valence-electron chi connectivity index (χ4n) is 8.72. The highest BCUT2D eigenvalue weighted by atomic mass is 31.2. The Bertz CT molecular complexity index is 1360. The maximum absolute atomic E-state index is 12.7. The molecule has 0 radical (unpaired) electrons. The highest BCUT2D eigenvalue weighted by molar-refractivity contribution is 7.47. The molecule has 72 heavy (non-hydrogen) atoms. The smallest absolute Gasteiger partial charge is 0.462 e. The summed E-state index contributed by atoms with van der Waals surface area (Å²) in [4.78, 5) is 35.3. The van der Waals surface area contributed by atoms with Gasteiger partial charge in [0.25, 0.3) is 0 Å². The van der Waals surface area contributed by atoms with E-state index in [0.29, 0.717) is 23.9 Å². The average molecular weight is 1040 g/mol. The largest absolute Gasteiger partial charge is 0.472 e. The number of phosphoric acid groups is 1. The summed E-state index contributed by atoms with van der Waals surface area (Å²) in [6, 6.07) is 0. The molecular formula is C62H117NO8P+. The molecule has 0 fully saturated rings. The van der Waals surface area contributed by atoms with Crippen molar-refractivity contribution in [3.05, 3.63) is 48.6 Å². The summed E-state index contributed by atoms with van der Waals surface area (Å²) in [5.74, 6) is -0.792. The molecule has 0 aliphatic heterocycles. The predicted octanol–water partition coefficient (Wildman–Crippen LogP) is 18.9. The Morgan fingerprint density at radius 3 is 1.18 bits per heavy atom. The van der Waals surface area contributed by atoms with Gasteiger partial charge in [0.15, 0.2) is 6.10 Å². The summed E-state index contributed by atoms with van der Waals surface area (Å²) in [7, 11) is 1.49. The molecular weight excluding hydrogens is 918 g/mol. The lowest BCUT2D eigenvalue weighted by molar-refractivity contribution is -0.870. The molecule has 0 aliphatic carbocycles. The molecule has 2 unspecified atom stereocenters. The minimum Gasteiger partial charge on any atom is -0.462 e. The van der Waals surface area contributed by atoms with E-state index < -0.39 is 26.5 Å². The first-order chi connectivity index (χ1) is 35.0. The van der Waals surface area contributed by atoms with Gasteiger partial charge in [0.05, 0.1) is 27.7 Å². The zero-order valence-corrected chi connectivity index (χ0v) is 48.8. The monoisotopic (exact) mass is 1030 g/mol. The first-order valence-electron chi connectivity index (χ1n) is 30.4. The van der Waals surface area contributed by atoms with Gasteiger partial charge < -0.3 is 18.9 Å². The molecule has 2 atom stereocenters. The second-order valence-electron chi connectivity index (χ2n) is 21.7. The van der Waals surface area contributed by atoms with Crippen LogP contribution in [0.15, 0.2) is 48.6 Å². The molecule has 0 amide bonds. The Labute approximate surface area is 445 Å². The van der Waals surface area contributed by atoms with Crippen LogP contribution in [0.2, 0.25) is 0 Å². The van der Waals surface area contributed by atoms with Crippen LogP contribution in [-0.4, -0.2) is 74.9 Å². The minimum absolute atomic E-state index is 0.0346. The summed E-state index contributed by atoms with van der Waals surface area (Å²) in [6.07, 6.45) is 68.3. The van der Waals surface area contributed by atoms with Gasteiger partial charge in [-0.25, -0.2) is 4.57 Å². The topological polar surface area (TPSA) is 108 Å². The number of carbonyl (C=O) groups is 2. The van der Waals surface area contributed by atoms with Crippen LogP contribution < -0.4 is 0 Å². The second-order valence-corrected chi connectivity index (χ2v) is 23.2. The predicted molar refractivity (Wildman–Crippen MR) is 307 cm³/mol. The van der Waals surface area contributed by atoms with Crippen LogP contribution in [-0.2, 0) is 32.7 Å². The molecule has 0 heterocycles. The molecule has 0 spiro atoms. The van der Waals surface area contributed by atoms with Gasteiger partial charge in [0, 0.05) is 12.8 Å². The van der Waals surface area contributed by atoms with Gasteiger partial charge in [-0.15, -0.1) is 0 Å². The van der Waals surface area contributed by atoms with Gasteiger partial charge in [-0.2, -0.15) is 0 Å². The SMILES string of the molecule is CC/C=C\C/C=C\C/C=C\C/C=C\CCCCCCCCCCCCCCCCCCCCCCCCCCCCCCC(=O)OC(COC(=O)CCCCCCCCC)COP(=O)(O)OCC[N+](C)(C)C. The number of ether oxygens (including phenoxy) is 2. The zero-order chi connectivity index (χ0) is 52.7. The molecule has 0 bridgehead atoms. The number of nitrogens with zero attached hydrogens (tertiary/aromatic N) is 1. The number of esters is 2. The molecule has 0 saturated carbocycles. The van der Waals surface area contributed by atoms with E-state index >= 15 is 0 Å². The highest BCUT2D eigenvalue weighted by Gasteiger charge is 2.27. The first kappa shape index (κ1) is 70.0. The lowest BCUT2D eigenvalue weighted by atomic mass is 10.0. The second kappa shape index (κ2) is 53.8. The van der Waals surface area contributed by atoms with Crippen LogP contribution in [0, 0.1) is 0 Å². The summed E-state index contributed by atoms with van der Waals surface area (Å²) in [6.45, 7) is 4.29. The quantitative estimate of drug-likeness (QED) is 0.0211. The third-order valence-corrected chi connectivity index (χ3v) is 14.4. The zero-order valence-electron chi connectivity index (χ0n) is 47.9. The Balaban J connectivity index is 3.73. The number of quaternary nitrogens is 1. The molecule has 0 aromatic heterocycles. The number of unbranched alkanes of at least 4 members (excludes halogenated alkanes) is 34. The van der Waals surface area contributed by atoms with Crippen LogP contribution >= 0.6 is 7.82 Å². The van der Waals surface area contributed by atoms with E-state index in [1.54, 1.807) is 0 Å². The normalized spacial score (nSPS) is 13.6. The number of phosphoric ester groups is 1. The van der Waals surface area contributed by atoms with Crippen molar-refractivity contribution in [2.45, 2.75) is 290 Å². The maximum Gasteiger partial charge on any atom is 0.472 e. The van der Waals surface area contributed by atoms with Crippen LogP contribution in [0.3, 0.4) is 0 Å². The van der Waals surface area contributed by atoms with Crippen molar-refractivity contribution in [1.82, 2.24) is 0 Å². The van der Waals surface area contributed by atoms with Crippen LogP contribution in [0.4, 0.5) is 0 Å². The van der Waals surface area contributed by atoms with E-state index in [-0.39, 0.29) is 25.6 Å². The average Bonchev–Trinajstić information content (AvgIpc) is 3.34. The van der Waals surface area contributed by atoms with Gasteiger partial charge in [0.2, 0.25) is 0 Å². The van der Waals surface area contributed by atoms with Crippen molar-refractivity contribution in [2.24, 2.45) is 0 Å². The van der Waals surface area contributed by atoms with Crippen molar-refractivity contribution in [2.75, 3.05) is 47.5 Å². The summed E-state index contributed by atoms with van der Waals surface area (Å²) in [5.41, 5.74) is 0. The van der Waals surface area contributed by atoms with E-state index in [9.17, 15) is 19.0 Å².